The van der Waals surface area contributed by atoms with Crippen molar-refractivity contribution in [1.29, 1.82) is 0 Å². The first-order valence-electron chi connectivity index (χ1n) is 3.38. The number of hydrogen-bond acceptors (Lipinski definition) is 4. The van der Waals surface area contributed by atoms with Gasteiger partial charge in [-0.05, 0) is 6.42 Å². The van der Waals surface area contributed by atoms with Gasteiger partial charge in [0.1, 0.15) is 6.29 Å². The Morgan fingerprint density at radius 1 is 1.73 bits per heavy atom. The quantitative estimate of drug-likeness (QED) is 0.445. The fourth-order valence-electron chi connectivity index (χ4n) is 0.771. The largest absolute Gasteiger partial charge is 0.469 e. The smallest absolute Gasteiger partial charge is 0.309 e. The van der Waals surface area contributed by atoms with Crippen molar-refractivity contribution in [3.05, 3.63) is 0 Å². The minimum atomic E-state index is -0.484. The van der Waals surface area contributed by atoms with Crippen LogP contribution in [0, 0.1) is 5.92 Å². The standard InChI is InChI=1S/C7H12O4/c1-11-7(10)6(2-4-8)3-5-9/h4,6,9H,2-3,5H2,1H3. The summed E-state index contributed by atoms with van der Waals surface area (Å²) in [5.74, 6) is -0.923. The molecule has 0 spiro atoms. The highest BCUT2D eigenvalue weighted by molar-refractivity contribution is 5.75. The molecule has 0 bridgehead atoms. The maximum absolute atomic E-state index is 10.8. The zero-order valence-corrected chi connectivity index (χ0v) is 6.45. The fraction of sp³-hybridized carbons (Fsp3) is 0.714. The van der Waals surface area contributed by atoms with Gasteiger partial charge in [0, 0.05) is 13.0 Å². The Balaban J connectivity index is 3.86. The first-order chi connectivity index (χ1) is 5.26. The van der Waals surface area contributed by atoms with Crippen molar-refractivity contribution < 1.29 is 19.4 Å². The zero-order valence-electron chi connectivity index (χ0n) is 6.45. The molecule has 1 atom stereocenters. The number of hydrogen-bond donors (Lipinski definition) is 1. The van der Waals surface area contributed by atoms with Gasteiger partial charge in [-0.3, -0.25) is 4.79 Å². The maximum Gasteiger partial charge on any atom is 0.309 e. The highest BCUT2D eigenvalue weighted by atomic mass is 16.5. The van der Waals surface area contributed by atoms with E-state index in [0.717, 1.165) is 0 Å². The first-order valence-corrected chi connectivity index (χ1v) is 3.38. The number of aliphatic hydroxyl groups is 1. The predicted molar refractivity (Wildman–Crippen MR) is 37.9 cm³/mol. The molecule has 0 aliphatic rings. The number of esters is 1. The van der Waals surface area contributed by atoms with E-state index in [4.69, 9.17) is 5.11 Å². The summed E-state index contributed by atoms with van der Waals surface area (Å²) in [5.41, 5.74) is 0. The lowest BCUT2D eigenvalue weighted by Crippen LogP contribution is -2.17. The molecule has 0 rings (SSSR count). The lowest BCUT2D eigenvalue weighted by Gasteiger charge is -2.08. The topological polar surface area (TPSA) is 63.6 Å². The molecule has 0 radical (unpaired) electrons. The van der Waals surface area contributed by atoms with E-state index in [2.05, 4.69) is 4.74 Å². The normalized spacial score (nSPS) is 12.2. The molecule has 0 amide bonds. The third kappa shape index (κ3) is 3.72. The summed E-state index contributed by atoms with van der Waals surface area (Å²) in [4.78, 5) is 20.8. The molecule has 0 aliphatic heterocycles. The van der Waals surface area contributed by atoms with Crippen molar-refractivity contribution in [2.45, 2.75) is 12.8 Å². The van der Waals surface area contributed by atoms with E-state index < -0.39 is 11.9 Å². The Bertz CT molecular complexity index is 132. The summed E-state index contributed by atoms with van der Waals surface area (Å²) in [6.07, 6.45) is 1.05. The molecule has 0 aromatic heterocycles. The fourth-order valence-corrected chi connectivity index (χ4v) is 0.771. The minimum Gasteiger partial charge on any atom is -0.469 e. The Morgan fingerprint density at radius 3 is 2.73 bits per heavy atom. The van der Waals surface area contributed by atoms with Crippen LogP contribution in [0.5, 0.6) is 0 Å². The van der Waals surface area contributed by atoms with Crippen LogP contribution < -0.4 is 0 Å². The molecule has 0 aliphatic carbocycles. The number of aldehydes is 1. The number of ether oxygens (including phenoxy) is 1. The summed E-state index contributed by atoms with van der Waals surface area (Å²) in [6, 6.07) is 0. The first kappa shape index (κ1) is 10.1. The molecule has 4 heteroatoms. The van der Waals surface area contributed by atoms with Gasteiger partial charge in [-0.15, -0.1) is 0 Å². The monoisotopic (exact) mass is 160 g/mol. The Hall–Kier alpha value is -0.900. The molecule has 1 N–H and O–H groups in total. The van der Waals surface area contributed by atoms with Crippen molar-refractivity contribution in [2.75, 3.05) is 13.7 Å². The molecule has 64 valence electrons. The summed E-state index contributed by atoms with van der Waals surface area (Å²) in [7, 11) is 1.26. The van der Waals surface area contributed by atoms with Crippen LogP contribution in [0.4, 0.5) is 0 Å². The summed E-state index contributed by atoms with van der Waals surface area (Å²) in [5, 5.41) is 8.48. The summed E-state index contributed by atoms with van der Waals surface area (Å²) < 4.78 is 4.41. The van der Waals surface area contributed by atoms with Gasteiger partial charge in [0.05, 0.1) is 13.0 Å². The van der Waals surface area contributed by atoms with Crippen molar-refractivity contribution in [3.8, 4) is 0 Å². The molecule has 0 saturated heterocycles. The van der Waals surface area contributed by atoms with Crippen LogP contribution in [0.25, 0.3) is 0 Å². The van der Waals surface area contributed by atoms with Crippen LogP contribution in [-0.4, -0.2) is 31.1 Å². The van der Waals surface area contributed by atoms with Gasteiger partial charge in [0.25, 0.3) is 0 Å². The average molecular weight is 160 g/mol. The van der Waals surface area contributed by atoms with E-state index >= 15 is 0 Å². The average Bonchev–Trinajstić information content (AvgIpc) is 2.03. The van der Waals surface area contributed by atoms with Crippen molar-refractivity contribution >= 4 is 12.3 Å². The Labute approximate surface area is 65.2 Å². The van der Waals surface area contributed by atoms with E-state index in [1.165, 1.54) is 7.11 Å². The van der Waals surface area contributed by atoms with Crippen molar-refractivity contribution in [1.82, 2.24) is 0 Å². The molecule has 0 aromatic rings. The van der Waals surface area contributed by atoms with Crippen LogP contribution in [0.15, 0.2) is 0 Å². The van der Waals surface area contributed by atoms with E-state index in [0.29, 0.717) is 6.29 Å². The zero-order chi connectivity index (χ0) is 8.69. The van der Waals surface area contributed by atoms with Crippen LogP contribution in [-0.2, 0) is 14.3 Å². The SMILES string of the molecule is COC(=O)C(CC=O)CCO. The molecule has 0 fully saturated rings. The highest BCUT2D eigenvalue weighted by Crippen LogP contribution is 2.07. The molecule has 1 unspecified atom stereocenters. The third-order valence-electron chi connectivity index (χ3n) is 1.39. The van der Waals surface area contributed by atoms with Crippen molar-refractivity contribution in [3.63, 3.8) is 0 Å². The van der Waals surface area contributed by atoms with Crippen molar-refractivity contribution in [2.24, 2.45) is 5.92 Å². The highest BCUT2D eigenvalue weighted by Gasteiger charge is 2.17. The molecular formula is C7H12O4. The van der Waals surface area contributed by atoms with Gasteiger partial charge in [0.15, 0.2) is 0 Å². The number of rotatable bonds is 5. The van der Waals surface area contributed by atoms with Gasteiger partial charge in [-0.1, -0.05) is 0 Å². The van der Waals surface area contributed by atoms with Crippen LogP contribution in [0.3, 0.4) is 0 Å². The Morgan fingerprint density at radius 2 is 2.36 bits per heavy atom. The van der Waals surface area contributed by atoms with Gasteiger partial charge >= 0.3 is 5.97 Å². The van der Waals surface area contributed by atoms with E-state index in [-0.39, 0.29) is 19.4 Å². The summed E-state index contributed by atoms with van der Waals surface area (Å²) >= 11 is 0. The molecule has 0 heterocycles. The number of carbonyl (C=O) groups is 2. The second kappa shape index (κ2) is 5.85. The predicted octanol–water partition coefficient (Wildman–Crippen LogP) is -0.253. The van der Waals surface area contributed by atoms with E-state index in [9.17, 15) is 9.59 Å². The van der Waals surface area contributed by atoms with Gasteiger partial charge < -0.3 is 14.6 Å². The number of methoxy groups -OCH3 is 1. The summed E-state index contributed by atoms with van der Waals surface area (Å²) in [6.45, 7) is -0.104. The van der Waals surface area contributed by atoms with Gasteiger partial charge in [-0.25, -0.2) is 0 Å². The second-order valence-electron chi connectivity index (χ2n) is 2.13. The molecular weight excluding hydrogens is 148 g/mol. The lowest BCUT2D eigenvalue weighted by molar-refractivity contribution is -0.146. The molecule has 11 heavy (non-hydrogen) atoms. The third-order valence-corrected chi connectivity index (χ3v) is 1.39. The number of aliphatic hydroxyl groups excluding tert-OH is 1. The second-order valence-corrected chi connectivity index (χ2v) is 2.13. The van der Waals surface area contributed by atoms with E-state index in [1.807, 2.05) is 0 Å². The van der Waals surface area contributed by atoms with Crippen LogP contribution >= 0.6 is 0 Å². The maximum atomic E-state index is 10.8. The minimum absolute atomic E-state index is 0.104. The molecule has 4 nitrogen and oxygen atoms in total. The van der Waals surface area contributed by atoms with Gasteiger partial charge in [0.2, 0.25) is 0 Å². The Kier molecular flexibility index (Phi) is 5.37. The van der Waals surface area contributed by atoms with E-state index in [1.54, 1.807) is 0 Å². The molecule has 0 saturated carbocycles. The van der Waals surface area contributed by atoms with Crippen LogP contribution in [0.1, 0.15) is 12.8 Å². The number of carbonyl (C=O) groups excluding carboxylic acids is 2. The van der Waals surface area contributed by atoms with Gasteiger partial charge in [-0.2, -0.15) is 0 Å². The van der Waals surface area contributed by atoms with Crippen LogP contribution in [0.2, 0.25) is 0 Å². The molecule has 0 aromatic carbocycles. The lowest BCUT2D eigenvalue weighted by atomic mass is 10.0.